The lowest BCUT2D eigenvalue weighted by molar-refractivity contribution is -0.118. The zero-order valence-electron chi connectivity index (χ0n) is 16.2. The molecule has 1 aromatic carbocycles. The van der Waals surface area contributed by atoms with Crippen LogP contribution >= 0.6 is 0 Å². The van der Waals surface area contributed by atoms with E-state index in [1.807, 2.05) is 12.1 Å². The van der Waals surface area contributed by atoms with Gasteiger partial charge >= 0.3 is 0 Å². The maximum Gasteiger partial charge on any atom is 0.155 e. The Hall–Kier alpha value is -1.62. The van der Waals surface area contributed by atoms with Gasteiger partial charge in [-0.1, -0.05) is 30.7 Å². The summed E-state index contributed by atoms with van der Waals surface area (Å²) in [4.78, 5) is 14.4. The molecular formula is C21H31NO3S. The average molecular weight is 378 g/mol. The zero-order valence-corrected chi connectivity index (χ0v) is 17.0. The van der Waals surface area contributed by atoms with Crippen LogP contribution in [0, 0.1) is 0 Å². The van der Waals surface area contributed by atoms with Crippen molar-refractivity contribution in [1.29, 1.82) is 0 Å². The van der Waals surface area contributed by atoms with Crippen LogP contribution in [0.25, 0.3) is 0 Å². The lowest BCUT2D eigenvalue weighted by atomic mass is 10.0. The number of benzene rings is 1. The second kappa shape index (κ2) is 8.85. The predicted molar refractivity (Wildman–Crippen MR) is 109 cm³/mol. The molecule has 0 unspecified atom stereocenters. The normalized spacial score (nSPS) is 14.8. The Bertz CT molecular complexity index is 720. The van der Waals surface area contributed by atoms with Crippen molar-refractivity contribution in [3.63, 3.8) is 0 Å². The maximum absolute atomic E-state index is 12.1. The molecule has 4 nitrogen and oxygen atoms in total. The zero-order chi connectivity index (χ0) is 19.2. The monoisotopic (exact) mass is 377 g/mol. The van der Waals surface area contributed by atoms with Crippen LogP contribution in [-0.2, 0) is 21.1 Å². The molecule has 0 saturated carbocycles. The van der Waals surface area contributed by atoms with Crippen LogP contribution in [0.4, 0.5) is 5.69 Å². The van der Waals surface area contributed by atoms with Crippen molar-refractivity contribution < 1.29 is 13.2 Å². The maximum atomic E-state index is 12.1. The van der Waals surface area contributed by atoms with E-state index in [0.29, 0.717) is 19.3 Å². The summed E-state index contributed by atoms with van der Waals surface area (Å²) in [5, 5.41) is 0. The van der Waals surface area contributed by atoms with Crippen LogP contribution in [0.3, 0.4) is 0 Å². The van der Waals surface area contributed by atoms with Crippen molar-refractivity contribution in [3.8, 4) is 0 Å². The average Bonchev–Trinajstić information content (AvgIpc) is 3.08. The minimum Gasteiger partial charge on any atom is -0.364 e. The summed E-state index contributed by atoms with van der Waals surface area (Å²) in [5.41, 5.74) is 2.23. The van der Waals surface area contributed by atoms with Crippen molar-refractivity contribution >= 4 is 21.3 Å². The molecular weight excluding hydrogens is 346 g/mol. The fourth-order valence-corrected chi connectivity index (χ4v) is 4.12. The largest absolute Gasteiger partial charge is 0.364 e. The molecule has 0 N–H and O–H groups in total. The third-order valence-electron chi connectivity index (χ3n) is 4.82. The Balaban J connectivity index is 1.67. The number of carbonyl (C=O) groups excluding carboxylic acids is 1. The lowest BCUT2D eigenvalue weighted by Gasteiger charge is -2.18. The van der Waals surface area contributed by atoms with Gasteiger partial charge in [0.05, 0.1) is 10.5 Å². The van der Waals surface area contributed by atoms with Gasteiger partial charge in [-0.3, -0.25) is 4.79 Å². The van der Waals surface area contributed by atoms with Gasteiger partial charge in [-0.15, -0.1) is 0 Å². The first-order valence-corrected chi connectivity index (χ1v) is 11.1. The van der Waals surface area contributed by atoms with Gasteiger partial charge in [0.15, 0.2) is 9.84 Å². The van der Waals surface area contributed by atoms with E-state index in [0.717, 1.165) is 31.5 Å². The van der Waals surface area contributed by atoms with Crippen molar-refractivity contribution in [2.75, 3.05) is 23.7 Å². The highest BCUT2D eigenvalue weighted by Gasteiger charge is 2.27. The summed E-state index contributed by atoms with van der Waals surface area (Å²) in [6.45, 7) is 7.10. The lowest BCUT2D eigenvalue weighted by Crippen LogP contribution is -2.30. The summed E-state index contributed by atoms with van der Waals surface area (Å²) in [5.74, 6) is 0.427. The highest BCUT2D eigenvalue weighted by Crippen LogP contribution is 2.19. The first-order valence-electron chi connectivity index (χ1n) is 9.42. The van der Waals surface area contributed by atoms with E-state index in [1.165, 1.54) is 5.69 Å². The molecule has 0 aliphatic carbocycles. The summed E-state index contributed by atoms with van der Waals surface area (Å²) in [7, 11) is -3.05. The first-order chi connectivity index (χ1) is 12.2. The number of rotatable bonds is 9. The molecule has 1 aromatic rings. The van der Waals surface area contributed by atoms with Gasteiger partial charge < -0.3 is 4.90 Å². The highest BCUT2D eigenvalue weighted by molar-refractivity contribution is 7.92. The number of hydrogen-bond acceptors (Lipinski definition) is 4. The fraction of sp³-hybridized carbons (Fsp3) is 0.571. The SMILES string of the molecule is CC(C)(C)S(=O)(=O)CCCCCC(=O)Cc1ccc(N2CC=CC2)cc1. The van der Waals surface area contributed by atoms with Crippen LogP contribution in [0.1, 0.15) is 52.0 Å². The van der Waals surface area contributed by atoms with Gasteiger partial charge in [0.25, 0.3) is 0 Å². The molecule has 1 heterocycles. The molecule has 0 aromatic heterocycles. The van der Waals surface area contributed by atoms with Gasteiger partial charge in [-0.05, 0) is 51.3 Å². The molecule has 0 spiro atoms. The Labute approximate surface area is 158 Å². The van der Waals surface area contributed by atoms with E-state index in [4.69, 9.17) is 0 Å². The molecule has 0 bridgehead atoms. The Morgan fingerprint density at radius 1 is 1.00 bits per heavy atom. The number of hydrogen-bond donors (Lipinski definition) is 0. The second-order valence-electron chi connectivity index (χ2n) is 8.00. The number of unbranched alkanes of at least 4 members (excludes halogenated alkanes) is 2. The van der Waals surface area contributed by atoms with E-state index >= 15 is 0 Å². The first kappa shape index (κ1) is 20.7. The van der Waals surface area contributed by atoms with E-state index in [-0.39, 0.29) is 11.5 Å². The molecule has 2 rings (SSSR count). The number of nitrogens with zero attached hydrogens (tertiary/aromatic N) is 1. The number of Topliss-reactive ketones (excluding diaryl/α,β-unsaturated/α-hetero) is 1. The molecule has 0 saturated heterocycles. The number of sulfone groups is 1. The fourth-order valence-electron chi connectivity index (χ4n) is 2.93. The van der Waals surface area contributed by atoms with Gasteiger partial charge in [-0.25, -0.2) is 8.42 Å². The number of carbonyl (C=O) groups is 1. The minimum atomic E-state index is -3.05. The second-order valence-corrected chi connectivity index (χ2v) is 10.9. The smallest absolute Gasteiger partial charge is 0.155 e. The van der Waals surface area contributed by atoms with E-state index in [2.05, 4.69) is 29.2 Å². The van der Waals surface area contributed by atoms with Crippen LogP contribution in [0.15, 0.2) is 36.4 Å². The third-order valence-corrected chi connectivity index (χ3v) is 7.51. The molecule has 0 amide bonds. The topological polar surface area (TPSA) is 54.5 Å². The van der Waals surface area contributed by atoms with E-state index < -0.39 is 14.6 Å². The standard InChI is InChI=1S/C21H31NO3S/c1-21(2,3)26(24,25)16-8-4-5-9-20(23)17-18-10-12-19(13-11-18)22-14-6-7-15-22/h6-7,10-13H,4-5,8-9,14-17H2,1-3H3. The van der Waals surface area contributed by atoms with Crippen LogP contribution in [0.5, 0.6) is 0 Å². The Morgan fingerprint density at radius 3 is 2.19 bits per heavy atom. The quantitative estimate of drug-likeness (QED) is 0.483. The molecule has 1 aliphatic rings. The molecule has 26 heavy (non-hydrogen) atoms. The Morgan fingerprint density at radius 2 is 1.62 bits per heavy atom. The van der Waals surface area contributed by atoms with Crippen LogP contribution in [0.2, 0.25) is 0 Å². The third kappa shape index (κ3) is 5.97. The van der Waals surface area contributed by atoms with Crippen molar-refractivity contribution in [3.05, 3.63) is 42.0 Å². The van der Waals surface area contributed by atoms with Crippen molar-refractivity contribution in [2.45, 2.75) is 57.6 Å². The van der Waals surface area contributed by atoms with Gasteiger partial charge in [0, 0.05) is 31.6 Å². The summed E-state index contributed by atoms with van der Waals surface area (Å²) < 4.78 is 23.4. The predicted octanol–water partition coefficient (Wildman–Crippen LogP) is 3.95. The molecule has 5 heteroatoms. The molecule has 144 valence electrons. The van der Waals surface area contributed by atoms with Crippen molar-refractivity contribution in [2.24, 2.45) is 0 Å². The minimum absolute atomic E-state index is 0.206. The van der Waals surface area contributed by atoms with Crippen molar-refractivity contribution in [1.82, 2.24) is 0 Å². The molecule has 0 atom stereocenters. The highest BCUT2D eigenvalue weighted by atomic mass is 32.2. The van der Waals surface area contributed by atoms with Crippen LogP contribution in [-0.4, -0.2) is 37.8 Å². The summed E-state index contributed by atoms with van der Waals surface area (Å²) in [6, 6.07) is 8.21. The van der Waals surface area contributed by atoms with Gasteiger partial charge in [0.2, 0.25) is 0 Å². The number of anilines is 1. The summed E-state index contributed by atoms with van der Waals surface area (Å²) in [6.07, 6.45) is 7.46. The van der Waals surface area contributed by atoms with E-state index in [1.54, 1.807) is 20.8 Å². The van der Waals surface area contributed by atoms with Gasteiger partial charge in [-0.2, -0.15) is 0 Å². The number of ketones is 1. The molecule has 0 fully saturated rings. The Kier molecular flexibility index (Phi) is 7.04. The van der Waals surface area contributed by atoms with Crippen LogP contribution < -0.4 is 4.90 Å². The molecule has 1 aliphatic heterocycles. The van der Waals surface area contributed by atoms with Gasteiger partial charge in [0.1, 0.15) is 5.78 Å². The molecule has 0 radical (unpaired) electrons. The van der Waals surface area contributed by atoms with E-state index in [9.17, 15) is 13.2 Å². The summed E-state index contributed by atoms with van der Waals surface area (Å²) >= 11 is 0.